The molecule has 0 saturated heterocycles. The Kier molecular flexibility index (Phi) is 8.43. The molecule has 0 atom stereocenters. The Labute approximate surface area is 118 Å². The minimum absolute atomic E-state index is 0.133. The first-order chi connectivity index (χ1) is 8.78. The first-order valence-electron chi connectivity index (χ1n) is 5.96. The van der Waals surface area contributed by atoms with Gasteiger partial charge in [0, 0.05) is 5.57 Å². The fourth-order valence-electron chi connectivity index (χ4n) is 0.961. The largest absolute Gasteiger partial charge is 0.460 e. The number of ether oxygens (including phenoxy) is 3. The van der Waals surface area contributed by atoms with E-state index in [4.69, 9.17) is 25.8 Å². The molecule has 0 aromatic rings. The molecule has 110 valence electrons. The molecule has 19 heavy (non-hydrogen) atoms. The summed E-state index contributed by atoms with van der Waals surface area (Å²) in [6.07, 6.45) is 0.134. The van der Waals surface area contributed by atoms with Gasteiger partial charge < -0.3 is 14.2 Å². The Morgan fingerprint density at radius 3 is 2.37 bits per heavy atom. The van der Waals surface area contributed by atoms with Gasteiger partial charge in [-0.2, -0.15) is 0 Å². The highest BCUT2D eigenvalue weighted by molar-refractivity contribution is 6.18. The first kappa shape index (κ1) is 17.9. The minimum Gasteiger partial charge on any atom is -0.460 e. The van der Waals surface area contributed by atoms with E-state index in [9.17, 15) is 9.59 Å². The maximum atomic E-state index is 11.4. The van der Waals surface area contributed by atoms with Gasteiger partial charge in [0.25, 0.3) is 0 Å². The van der Waals surface area contributed by atoms with Crippen LogP contribution in [-0.2, 0) is 23.8 Å². The molecule has 0 amide bonds. The average molecular weight is 293 g/mol. The zero-order valence-electron chi connectivity index (χ0n) is 11.7. The van der Waals surface area contributed by atoms with Gasteiger partial charge >= 0.3 is 11.9 Å². The van der Waals surface area contributed by atoms with E-state index in [1.54, 1.807) is 20.8 Å². The van der Waals surface area contributed by atoms with Crippen molar-refractivity contribution in [2.75, 3.05) is 25.7 Å². The number of rotatable bonds is 9. The van der Waals surface area contributed by atoms with E-state index in [-0.39, 0.29) is 38.1 Å². The van der Waals surface area contributed by atoms with Gasteiger partial charge in [-0.25, -0.2) is 4.79 Å². The van der Waals surface area contributed by atoms with Crippen LogP contribution in [0.5, 0.6) is 0 Å². The molecule has 0 rings (SSSR count). The van der Waals surface area contributed by atoms with Gasteiger partial charge in [-0.05, 0) is 20.8 Å². The van der Waals surface area contributed by atoms with E-state index in [0.717, 1.165) is 0 Å². The van der Waals surface area contributed by atoms with Crippen molar-refractivity contribution in [3.05, 3.63) is 12.2 Å². The van der Waals surface area contributed by atoms with Gasteiger partial charge in [0.05, 0.1) is 25.5 Å². The Balaban J connectivity index is 3.57. The van der Waals surface area contributed by atoms with E-state index in [1.165, 1.54) is 0 Å². The molecule has 0 aromatic carbocycles. The van der Waals surface area contributed by atoms with Crippen molar-refractivity contribution in [2.24, 2.45) is 0 Å². The standard InChI is InChI=1S/C13H21ClO5/c1-10(2)12(16)18-8-7-17-6-5-11(15)19-13(3,4)9-14/h1,5-9H2,2-4H3. The average Bonchev–Trinajstić information content (AvgIpc) is 2.32. The summed E-state index contributed by atoms with van der Waals surface area (Å²) in [6.45, 7) is 9.05. The summed E-state index contributed by atoms with van der Waals surface area (Å²) < 4.78 is 15.1. The number of carbonyl (C=O) groups excluding carboxylic acids is 2. The van der Waals surface area contributed by atoms with Crippen molar-refractivity contribution < 1.29 is 23.8 Å². The van der Waals surface area contributed by atoms with Crippen LogP contribution in [0.1, 0.15) is 27.2 Å². The van der Waals surface area contributed by atoms with Crippen LogP contribution in [0, 0.1) is 0 Å². The molecule has 0 aliphatic rings. The lowest BCUT2D eigenvalue weighted by atomic mass is 10.2. The third-order valence-corrected chi connectivity index (χ3v) is 2.62. The normalized spacial score (nSPS) is 10.9. The molecule has 0 bridgehead atoms. The fraction of sp³-hybridized carbons (Fsp3) is 0.692. The van der Waals surface area contributed by atoms with E-state index < -0.39 is 11.6 Å². The molecule has 0 saturated carbocycles. The number of halogens is 1. The van der Waals surface area contributed by atoms with Gasteiger partial charge in [-0.15, -0.1) is 11.6 Å². The van der Waals surface area contributed by atoms with Crippen LogP contribution in [0.25, 0.3) is 0 Å². The highest BCUT2D eigenvalue weighted by Gasteiger charge is 2.21. The summed E-state index contributed by atoms with van der Waals surface area (Å²) in [4.78, 5) is 22.4. The Bertz CT molecular complexity index is 325. The lowest BCUT2D eigenvalue weighted by molar-refractivity contribution is -0.156. The summed E-state index contributed by atoms with van der Waals surface area (Å²) >= 11 is 5.63. The number of esters is 2. The second kappa shape index (κ2) is 8.93. The van der Waals surface area contributed by atoms with Crippen LogP contribution in [0.4, 0.5) is 0 Å². The van der Waals surface area contributed by atoms with Crippen LogP contribution < -0.4 is 0 Å². The van der Waals surface area contributed by atoms with Crippen molar-refractivity contribution in [1.82, 2.24) is 0 Å². The van der Waals surface area contributed by atoms with Gasteiger partial charge in [-0.1, -0.05) is 6.58 Å². The lowest BCUT2D eigenvalue weighted by Gasteiger charge is -2.22. The Morgan fingerprint density at radius 2 is 1.84 bits per heavy atom. The summed E-state index contributed by atoms with van der Waals surface area (Å²) in [5.41, 5.74) is -0.331. The van der Waals surface area contributed by atoms with Gasteiger partial charge in [-0.3, -0.25) is 4.79 Å². The number of carbonyl (C=O) groups is 2. The number of alkyl halides is 1. The smallest absolute Gasteiger partial charge is 0.333 e. The van der Waals surface area contributed by atoms with E-state index >= 15 is 0 Å². The van der Waals surface area contributed by atoms with E-state index in [1.807, 2.05) is 0 Å². The lowest BCUT2D eigenvalue weighted by Crippen LogP contribution is -2.30. The number of hydrogen-bond acceptors (Lipinski definition) is 5. The summed E-state index contributed by atoms with van der Waals surface area (Å²) in [7, 11) is 0. The summed E-state index contributed by atoms with van der Waals surface area (Å²) in [6, 6.07) is 0. The maximum absolute atomic E-state index is 11.4. The van der Waals surface area contributed by atoms with Gasteiger partial charge in [0.1, 0.15) is 12.2 Å². The molecular formula is C13H21ClO5. The minimum atomic E-state index is -0.671. The first-order valence-corrected chi connectivity index (χ1v) is 6.50. The van der Waals surface area contributed by atoms with Crippen LogP contribution >= 0.6 is 11.6 Å². The van der Waals surface area contributed by atoms with E-state index in [0.29, 0.717) is 5.57 Å². The maximum Gasteiger partial charge on any atom is 0.333 e. The molecular weight excluding hydrogens is 272 g/mol. The molecule has 0 fully saturated rings. The number of hydrogen-bond donors (Lipinski definition) is 0. The van der Waals surface area contributed by atoms with Crippen LogP contribution in [0.2, 0.25) is 0 Å². The highest BCUT2D eigenvalue weighted by atomic mass is 35.5. The summed E-state index contributed by atoms with van der Waals surface area (Å²) in [5.74, 6) is -0.590. The third kappa shape index (κ3) is 9.50. The zero-order valence-corrected chi connectivity index (χ0v) is 12.4. The second-order valence-corrected chi connectivity index (χ2v) is 4.91. The van der Waals surface area contributed by atoms with Crippen molar-refractivity contribution in [2.45, 2.75) is 32.8 Å². The second-order valence-electron chi connectivity index (χ2n) is 4.65. The van der Waals surface area contributed by atoms with Crippen molar-refractivity contribution in [3.8, 4) is 0 Å². The molecule has 0 aliphatic carbocycles. The van der Waals surface area contributed by atoms with E-state index in [2.05, 4.69) is 6.58 Å². The molecule has 5 nitrogen and oxygen atoms in total. The highest BCUT2D eigenvalue weighted by Crippen LogP contribution is 2.12. The topological polar surface area (TPSA) is 61.8 Å². The predicted octanol–water partition coefficient (Wildman–Crippen LogP) is 2.07. The Morgan fingerprint density at radius 1 is 1.21 bits per heavy atom. The SMILES string of the molecule is C=C(C)C(=O)OCCOCCC(=O)OC(C)(C)CCl. The quantitative estimate of drug-likeness (QED) is 0.282. The summed E-state index contributed by atoms with van der Waals surface area (Å²) in [5, 5.41) is 0. The molecule has 0 heterocycles. The van der Waals surface area contributed by atoms with Crippen LogP contribution in [0.15, 0.2) is 12.2 Å². The molecule has 6 heteroatoms. The Hall–Kier alpha value is -1.07. The molecule has 0 spiro atoms. The molecule has 0 unspecified atom stereocenters. The predicted molar refractivity (Wildman–Crippen MR) is 72.1 cm³/mol. The van der Waals surface area contributed by atoms with Crippen LogP contribution in [0.3, 0.4) is 0 Å². The van der Waals surface area contributed by atoms with Crippen molar-refractivity contribution in [1.29, 1.82) is 0 Å². The van der Waals surface area contributed by atoms with Gasteiger partial charge in [0.2, 0.25) is 0 Å². The molecule has 0 aliphatic heterocycles. The molecule has 0 N–H and O–H groups in total. The zero-order chi connectivity index (χ0) is 14.9. The van der Waals surface area contributed by atoms with Gasteiger partial charge in [0.15, 0.2) is 0 Å². The van der Waals surface area contributed by atoms with Crippen LogP contribution in [-0.4, -0.2) is 43.2 Å². The molecule has 0 radical (unpaired) electrons. The molecule has 0 aromatic heterocycles. The van der Waals surface area contributed by atoms with Crippen molar-refractivity contribution >= 4 is 23.5 Å². The third-order valence-electron chi connectivity index (χ3n) is 1.97. The fourth-order valence-corrected chi connectivity index (χ4v) is 1.02. The van der Waals surface area contributed by atoms with Crippen molar-refractivity contribution in [3.63, 3.8) is 0 Å². The monoisotopic (exact) mass is 292 g/mol.